The Kier molecular flexibility index (Phi) is 2.93. The Morgan fingerprint density at radius 2 is 2.15 bits per heavy atom. The molecule has 5 nitrogen and oxygen atoms in total. The van der Waals surface area contributed by atoms with Crippen molar-refractivity contribution in [3.05, 3.63) is 35.8 Å². The SMILES string of the molecule is O=C(O)[C@@H]1CCN(C(=O)c2cc3cc(F)ccc3o2)C1. The molecule has 6 heteroatoms. The van der Waals surface area contributed by atoms with E-state index >= 15 is 0 Å². The summed E-state index contributed by atoms with van der Waals surface area (Å²) in [6, 6.07) is 5.50. The Hall–Kier alpha value is -2.37. The Labute approximate surface area is 113 Å². The largest absolute Gasteiger partial charge is 0.481 e. The van der Waals surface area contributed by atoms with Gasteiger partial charge in [0.15, 0.2) is 5.76 Å². The van der Waals surface area contributed by atoms with Crippen molar-refractivity contribution in [3.8, 4) is 0 Å². The Morgan fingerprint density at radius 3 is 2.85 bits per heavy atom. The molecule has 0 bridgehead atoms. The molecule has 104 valence electrons. The number of carboxylic acids is 1. The second kappa shape index (κ2) is 4.63. The number of nitrogens with zero attached hydrogens (tertiary/aromatic N) is 1. The molecule has 0 aliphatic carbocycles. The van der Waals surface area contributed by atoms with Crippen molar-refractivity contribution in [3.63, 3.8) is 0 Å². The zero-order valence-corrected chi connectivity index (χ0v) is 10.5. The molecule has 2 heterocycles. The van der Waals surface area contributed by atoms with Crippen LogP contribution in [0.4, 0.5) is 4.39 Å². The normalized spacial score (nSPS) is 18.6. The second-order valence-electron chi connectivity index (χ2n) is 4.87. The van der Waals surface area contributed by atoms with Gasteiger partial charge in [0.1, 0.15) is 11.4 Å². The zero-order chi connectivity index (χ0) is 14.3. The van der Waals surface area contributed by atoms with Crippen LogP contribution in [0.5, 0.6) is 0 Å². The number of amides is 1. The predicted molar refractivity (Wildman–Crippen MR) is 67.8 cm³/mol. The van der Waals surface area contributed by atoms with Crippen molar-refractivity contribution in [1.82, 2.24) is 4.90 Å². The minimum absolute atomic E-state index is 0.108. The summed E-state index contributed by atoms with van der Waals surface area (Å²) in [5.74, 6) is -2.07. The lowest BCUT2D eigenvalue weighted by atomic mass is 10.1. The average Bonchev–Trinajstić information content (AvgIpc) is 3.03. The number of likely N-dealkylation sites (tertiary alicyclic amines) is 1. The number of furan rings is 1. The molecule has 1 fully saturated rings. The van der Waals surface area contributed by atoms with Crippen LogP contribution in [0.1, 0.15) is 17.0 Å². The van der Waals surface area contributed by atoms with E-state index in [0.717, 1.165) is 0 Å². The molecule has 2 aromatic rings. The second-order valence-corrected chi connectivity index (χ2v) is 4.87. The number of hydrogen-bond donors (Lipinski definition) is 1. The standard InChI is InChI=1S/C14H12FNO4/c15-10-1-2-11-9(5-10)6-12(20-11)13(17)16-4-3-8(7-16)14(18)19/h1-2,5-6,8H,3-4,7H2,(H,18,19)/t8-/m1/s1. The first kappa shape index (κ1) is 12.7. The van der Waals surface area contributed by atoms with Crippen molar-refractivity contribution in [2.45, 2.75) is 6.42 Å². The van der Waals surface area contributed by atoms with Gasteiger partial charge in [-0.2, -0.15) is 0 Å². The Bertz CT molecular complexity index is 694. The van der Waals surface area contributed by atoms with Gasteiger partial charge in [0.2, 0.25) is 0 Å². The molecule has 1 saturated heterocycles. The fraction of sp³-hybridized carbons (Fsp3) is 0.286. The van der Waals surface area contributed by atoms with Gasteiger partial charge in [0, 0.05) is 18.5 Å². The third-order valence-electron chi connectivity index (χ3n) is 3.51. The van der Waals surface area contributed by atoms with Crippen LogP contribution in [0, 0.1) is 11.7 Å². The van der Waals surface area contributed by atoms with Crippen LogP contribution in [0.2, 0.25) is 0 Å². The summed E-state index contributed by atoms with van der Waals surface area (Å²) in [5.41, 5.74) is 0.434. The van der Waals surface area contributed by atoms with Crippen molar-refractivity contribution >= 4 is 22.8 Å². The molecule has 1 aliphatic heterocycles. The van der Waals surface area contributed by atoms with E-state index in [4.69, 9.17) is 9.52 Å². The lowest BCUT2D eigenvalue weighted by Gasteiger charge is -2.13. The smallest absolute Gasteiger partial charge is 0.308 e. The molecule has 1 aliphatic rings. The molecule has 0 unspecified atom stereocenters. The molecule has 1 amide bonds. The third-order valence-corrected chi connectivity index (χ3v) is 3.51. The van der Waals surface area contributed by atoms with E-state index in [2.05, 4.69) is 0 Å². The number of fused-ring (bicyclic) bond motifs is 1. The highest BCUT2D eigenvalue weighted by atomic mass is 19.1. The molecule has 0 spiro atoms. The van der Waals surface area contributed by atoms with Crippen LogP contribution in [0.25, 0.3) is 11.0 Å². The summed E-state index contributed by atoms with van der Waals surface area (Å²) in [6.45, 7) is 0.570. The van der Waals surface area contributed by atoms with E-state index < -0.39 is 17.7 Å². The van der Waals surface area contributed by atoms with Crippen LogP contribution in [0.3, 0.4) is 0 Å². The number of halogens is 1. The van der Waals surface area contributed by atoms with E-state index in [1.54, 1.807) is 0 Å². The maximum absolute atomic E-state index is 13.1. The first-order chi connectivity index (χ1) is 9.54. The molecule has 0 saturated carbocycles. The highest BCUT2D eigenvalue weighted by molar-refractivity contribution is 5.96. The number of rotatable bonds is 2. The third kappa shape index (κ3) is 2.13. The fourth-order valence-corrected chi connectivity index (χ4v) is 2.42. The number of carbonyl (C=O) groups is 2. The van der Waals surface area contributed by atoms with Crippen LogP contribution >= 0.6 is 0 Å². The summed E-state index contributed by atoms with van der Waals surface area (Å²) in [5, 5.41) is 9.44. The van der Waals surface area contributed by atoms with Gasteiger partial charge in [-0.05, 0) is 30.7 Å². The van der Waals surface area contributed by atoms with Gasteiger partial charge in [0.05, 0.1) is 5.92 Å². The minimum atomic E-state index is -0.896. The van der Waals surface area contributed by atoms with E-state index in [1.807, 2.05) is 0 Å². The van der Waals surface area contributed by atoms with Crippen molar-refractivity contribution in [1.29, 1.82) is 0 Å². The summed E-state index contributed by atoms with van der Waals surface area (Å²) >= 11 is 0. The molecule has 1 aromatic heterocycles. The highest BCUT2D eigenvalue weighted by Crippen LogP contribution is 2.24. The number of benzene rings is 1. The van der Waals surface area contributed by atoms with Gasteiger partial charge in [-0.15, -0.1) is 0 Å². The fourth-order valence-electron chi connectivity index (χ4n) is 2.42. The molecule has 0 radical (unpaired) electrons. The van der Waals surface area contributed by atoms with Gasteiger partial charge in [-0.3, -0.25) is 9.59 Å². The average molecular weight is 277 g/mol. The van der Waals surface area contributed by atoms with Gasteiger partial charge < -0.3 is 14.4 Å². The molecule has 1 atom stereocenters. The summed E-state index contributed by atoms with van der Waals surface area (Å²) in [6.07, 6.45) is 0.440. The van der Waals surface area contributed by atoms with E-state index in [-0.39, 0.29) is 18.2 Å². The van der Waals surface area contributed by atoms with Crippen LogP contribution < -0.4 is 0 Å². The van der Waals surface area contributed by atoms with Gasteiger partial charge in [-0.25, -0.2) is 4.39 Å². The molecule has 20 heavy (non-hydrogen) atoms. The predicted octanol–water partition coefficient (Wildman–Crippen LogP) is 2.12. The molecular formula is C14H12FNO4. The van der Waals surface area contributed by atoms with Crippen molar-refractivity contribution in [2.75, 3.05) is 13.1 Å². The number of carbonyl (C=O) groups excluding carboxylic acids is 1. The molecular weight excluding hydrogens is 265 g/mol. The molecule has 1 N–H and O–H groups in total. The van der Waals surface area contributed by atoms with Crippen LogP contribution in [-0.2, 0) is 4.79 Å². The van der Waals surface area contributed by atoms with Gasteiger partial charge in [0.25, 0.3) is 5.91 Å². The summed E-state index contributed by atoms with van der Waals surface area (Å²) in [7, 11) is 0. The van der Waals surface area contributed by atoms with Gasteiger partial charge >= 0.3 is 5.97 Å². The minimum Gasteiger partial charge on any atom is -0.481 e. The van der Waals surface area contributed by atoms with Gasteiger partial charge in [-0.1, -0.05) is 0 Å². The first-order valence-electron chi connectivity index (χ1n) is 6.26. The van der Waals surface area contributed by atoms with E-state index in [1.165, 1.54) is 29.2 Å². The lowest BCUT2D eigenvalue weighted by molar-refractivity contribution is -0.141. The maximum Gasteiger partial charge on any atom is 0.308 e. The monoisotopic (exact) mass is 277 g/mol. The quantitative estimate of drug-likeness (QED) is 0.912. The Balaban J connectivity index is 1.84. The number of carboxylic acid groups (broad SMARTS) is 1. The lowest BCUT2D eigenvalue weighted by Crippen LogP contribution is -2.29. The zero-order valence-electron chi connectivity index (χ0n) is 10.5. The topological polar surface area (TPSA) is 70.8 Å². The van der Waals surface area contributed by atoms with Crippen LogP contribution in [0.15, 0.2) is 28.7 Å². The van der Waals surface area contributed by atoms with E-state index in [9.17, 15) is 14.0 Å². The molecule has 3 rings (SSSR count). The maximum atomic E-state index is 13.1. The van der Waals surface area contributed by atoms with E-state index in [0.29, 0.717) is 23.9 Å². The molecule has 1 aromatic carbocycles. The number of aliphatic carboxylic acids is 1. The number of hydrogen-bond acceptors (Lipinski definition) is 3. The first-order valence-corrected chi connectivity index (χ1v) is 6.26. The van der Waals surface area contributed by atoms with Crippen molar-refractivity contribution < 1.29 is 23.5 Å². The summed E-state index contributed by atoms with van der Waals surface area (Å²) < 4.78 is 18.5. The Morgan fingerprint density at radius 1 is 1.35 bits per heavy atom. The van der Waals surface area contributed by atoms with Crippen LogP contribution in [-0.4, -0.2) is 35.0 Å². The summed E-state index contributed by atoms with van der Waals surface area (Å²) in [4.78, 5) is 24.5. The van der Waals surface area contributed by atoms with Crippen molar-refractivity contribution in [2.24, 2.45) is 5.92 Å². The highest BCUT2D eigenvalue weighted by Gasteiger charge is 2.32.